The molecule has 0 bridgehead atoms. The molecule has 0 saturated carbocycles. The summed E-state index contributed by atoms with van der Waals surface area (Å²) in [6, 6.07) is 5.91. The van der Waals surface area contributed by atoms with Gasteiger partial charge in [0.1, 0.15) is 0 Å². The average molecular weight is 223 g/mol. The van der Waals surface area contributed by atoms with E-state index in [1.165, 1.54) is 0 Å². The fourth-order valence-electron chi connectivity index (χ4n) is 2.49. The van der Waals surface area contributed by atoms with Gasteiger partial charge in [-0.3, -0.25) is 4.79 Å². The molecule has 1 aromatic carbocycles. The molecule has 0 unspecified atom stereocenters. The SMILES string of the molecule is O=C1N[C@@H]2CNC[C@H]2c2cccc(Cl)c21. The van der Waals surface area contributed by atoms with E-state index in [1.54, 1.807) is 6.07 Å². The van der Waals surface area contributed by atoms with Gasteiger partial charge in [0.2, 0.25) is 0 Å². The molecule has 0 aromatic heterocycles. The van der Waals surface area contributed by atoms with Crippen molar-refractivity contribution in [1.29, 1.82) is 0 Å². The Labute approximate surface area is 92.8 Å². The Hall–Kier alpha value is -1.06. The van der Waals surface area contributed by atoms with Crippen LogP contribution in [0.5, 0.6) is 0 Å². The summed E-state index contributed by atoms with van der Waals surface area (Å²) < 4.78 is 0. The largest absolute Gasteiger partial charge is 0.347 e. The Morgan fingerprint density at radius 3 is 3.07 bits per heavy atom. The second-order valence-electron chi connectivity index (χ2n) is 4.05. The number of hydrogen-bond acceptors (Lipinski definition) is 2. The van der Waals surface area contributed by atoms with Crippen molar-refractivity contribution >= 4 is 17.5 Å². The quantitative estimate of drug-likeness (QED) is 0.691. The molecule has 15 heavy (non-hydrogen) atoms. The molecule has 2 N–H and O–H groups in total. The minimum Gasteiger partial charge on any atom is -0.347 e. The lowest BCUT2D eigenvalue weighted by Crippen LogP contribution is -2.44. The summed E-state index contributed by atoms with van der Waals surface area (Å²) in [6.07, 6.45) is 0. The Morgan fingerprint density at radius 1 is 1.33 bits per heavy atom. The fraction of sp³-hybridized carbons (Fsp3) is 0.364. The third-order valence-electron chi connectivity index (χ3n) is 3.20. The molecule has 2 aliphatic rings. The van der Waals surface area contributed by atoms with E-state index in [2.05, 4.69) is 10.6 Å². The smallest absolute Gasteiger partial charge is 0.253 e. The number of hydrogen-bond donors (Lipinski definition) is 2. The predicted octanol–water partition coefficient (Wildman–Crippen LogP) is 1.14. The van der Waals surface area contributed by atoms with E-state index in [1.807, 2.05) is 12.1 Å². The zero-order valence-corrected chi connectivity index (χ0v) is 8.84. The number of nitrogens with one attached hydrogen (secondary N) is 2. The van der Waals surface area contributed by atoms with Gasteiger partial charge in [-0.1, -0.05) is 23.7 Å². The maximum atomic E-state index is 11.8. The van der Waals surface area contributed by atoms with E-state index in [0.29, 0.717) is 16.5 Å². The molecule has 1 saturated heterocycles. The maximum absolute atomic E-state index is 11.8. The van der Waals surface area contributed by atoms with Crippen LogP contribution in [0.3, 0.4) is 0 Å². The van der Waals surface area contributed by atoms with Crippen LogP contribution < -0.4 is 10.6 Å². The Bertz CT molecular complexity index is 433. The van der Waals surface area contributed by atoms with Crippen molar-refractivity contribution in [3.8, 4) is 0 Å². The van der Waals surface area contributed by atoms with E-state index >= 15 is 0 Å². The van der Waals surface area contributed by atoms with Crippen LogP contribution in [-0.4, -0.2) is 25.0 Å². The van der Waals surface area contributed by atoms with Crippen LogP contribution in [0.2, 0.25) is 5.02 Å². The van der Waals surface area contributed by atoms with E-state index in [4.69, 9.17) is 11.6 Å². The Morgan fingerprint density at radius 2 is 2.20 bits per heavy atom. The molecule has 78 valence electrons. The van der Waals surface area contributed by atoms with Crippen LogP contribution in [0.15, 0.2) is 18.2 Å². The molecule has 1 aromatic rings. The highest BCUT2D eigenvalue weighted by Crippen LogP contribution is 2.33. The molecular formula is C11H11ClN2O. The summed E-state index contributed by atoms with van der Waals surface area (Å²) in [4.78, 5) is 11.8. The third kappa shape index (κ3) is 1.27. The topological polar surface area (TPSA) is 41.1 Å². The normalized spacial score (nSPS) is 28.2. The van der Waals surface area contributed by atoms with E-state index in [-0.39, 0.29) is 11.9 Å². The molecule has 4 heteroatoms. The van der Waals surface area contributed by atoms with Gasteiger partial charge in [-0.25, -0.2) is 0 Å². The van der Waals surface area contributed by atoms with Gasteiger partial charge in [-0.2, -0.15) is 0 Å². The zero-order valence-electron chi connectivity index (χ0n) is 8.09. The van der Waals surface area contributed by atoms with Crippen LogP contribution in [0, 0.1) is 0 Å². The zero-order chi connectivity index (χ0) is 10.4. The highest BCUT2D eigenvalue weighted by molar-refractivity contribution is 6.34. The first-order valence-electron chi connectivity index (χ1n) is 5.07. The number of fused-ring (bicyclic) bond motifs is 3. The predicted molar refractivity (Wildman–Crippen MR) is 58.3 cm³/mol. The lowest BCUT2D eigenvalue weighted by Gasteiger charge is -2.28. The minimum atomic E-state index is -0.0412. The van der Waals surface area contributed by atoms with Gasteiger partial charge in [0, 0.05) is 25.0 Å². The molecule has 3 nitrogen and oxygen atoms in total. The summed E-state index contributed by atoms with van der Waals surface area (Å²) >= 11 is 6.05. The number of rotatable bonds is 0. The lowest BCUT2D eigenvalue weighted by atomic mass is 9.86. The van der Waals surface area contributed by atoms with Gasteiger partial charge in [-0.05, 0) is 11.6 Å². The highest BCUT2D eigenvalue weighted by Gasteiger charge is 2.37. The molecule has 2 aliphatic heterocycles. The van der Waals surface area contributed by atoms with Gasteiger partial charge in [-0.15, -0.1) is 0 Å². The van der Waals surface area contributed by atoms with Crippen molar-refractivity contribution < 1.29 is 4.79 Å². The summed E-state index contributed by atoms with van der Waals surface area (Å²) in [6.45, 7) is 1.76. The van der Waals surface area contributed by atoms with Gasteiger partial charge >= 0.3 is 0 Å². The monoisotopic (exact) mass is 222 g/mol. The van der Waals surface area contributed by atoms with Crippen molar-refractivity contribution in [2.45, 2.75) is 12.0 Å². The number of carbonyl (C=O) groups is 1. The molecule has 1 amide bonds. The number of halogens is 1. The number of amides is 1. The highest BCUT2D eigenvalue weighted by atomic mass is 35.5. The van der Waals surface area contributed by atoms with Crippen LogP contribution in [0.25, 0.3) is 0 Å². The van der Waals surface area contributed by atoms with Crippen molar-refractivity contribution in [2.75, 3.05) is 13.1 Å². The summed E-state index contributed by atoms with van der Waals surface area (Å²) in [7, 11) is 0. The van der Waals surface area contributed by atoms with Crippen LogP contribution in [-0.2, 0) is 0 Å². The molecule has 2 heterocycles. The first-order chi connectivity index (χ1) is 7.27. The van der Waals surface area contributed by atoms with E-state index in [0.717, 1.165) is 18.7 Å². The summed E-state index contributed by atoms with van der Waals surface area (Å²) in [5.41, 5.74) is 1.74. The van der Waals surface area contributed by atoms with Crippen LogP contribution >= 0.6 is 11.6 Å². The third-order valence-corrected chi connectivity index (χ3v) is 3.52. The minimum absolute atomic E-state index is 0.0412. The maximum Gasteiger partial charge on any atom is 0.253 e. The van der Waals surface area contributed by atoms with Crippen LogP contribution in [0.1, 0.15) is 21.8 Å². The van der Waals surface area contributed by atoms with Gasteiger partial charge < -0.3 is 10.6 Å². The standard InChI is InChI=1S/C11H11ClN2O/c12-8-3-1-2-6-7-4-13-5-9(7)14-11(15)10(6)8/h1-3,7,9,13H,4-5H2,(H,14,15)/t7-,9+/m0/s1. The first-order valence-corrected chi connectivity index (χ1v) is 5.45. The Balaban J connectivity index is 2.18. The summed E-state index contributed by atoms with van der Waals surface area (Å²) in [5, 5.41) is 6.83. The van der Waals surface area contributed by atoms with Crippen molar-refractivity contribution in [3.63, 3.8) is 0 Å². The molecule has 0 spiro atoms. The van der Waals surface area contributed by atoms with Gasteiger partial charge in [0.05, 0.1) is 10.6 Å². The van der Waals surface area contributed by atoms with Crippen molar-refractivity contribution in [3.05, 3.63) is 34.3 Å². The number of carbonyl (C=O) groups excluding carboxylic acids is 1. The van der Waals surface area contributed by atoms with Crippen molar-refractivity contribution in [2.24, 2.45) is 0 Å². The van der Waals surface area contributed by atoms with Gasteiger partial charge in [0.15, 0.2) is 0 Å². The lowest BCUT2D eigenvalue weighted by molar-refractivity contribution is 0.0924. The second-order valence-corrected chi connectivity index (χ2v) is 4.46. The molecule has 0 radical (unpaired) electrons. The second kappa shape index (κ2) is 3.22. The Kier molecular flexibility index (Phi) is 1.97. The van der Waals surface area contributed by atoms with E-state index < -0.39 is 0 Å². The molecule has 1 fully saturated rings. The number of benzene rings is 1. The van der Waals surface area contributed by atoms with Crippen molar-refractivity contribution in [1.82, 2.24) is 10.6 Å². The van der Waals surface area contributed by atoms with E-state index in [9.17, 15) is 4.79 Å². The molecular weight excluding hydrogens is 212 g/mol. The first kappa shape index (κ1) is 9.19. The molecule has 2 atom stereocenters. The molecule has 3 rings (SSSR count). The van der Waals surface area contributed by atoms with Crippen LogP contribution in [0.4, 0.5) is 0 Å². The van der Waals surface area contributed by atoms with Gasteiger partial charge in [0.25, 0.3) is 5.91 Å². The fourth-order valence-corrected chi connectivity index (χ4v) is 2.75. The summed E-state index contributed by atoms with van der Waals surface area (Å²) in [5.74, 6) is 0.331. The molecule has 0 aliphatic carbocycles. The average Bonchev–Trinajstić information content (AvgIpc) is 2.65.